The van der Waals surface area contributed by atoms with Crippen LogP contribution in [0.5, 0.6) is 0 Å². The van der Waals surface area contributed by atoms with Crippen molar-refractivity contribution in [3.8, 4) is 11.4 Å². The molecule has 2 aliphatic heterocycles. The summed E-state index contributed by atoms with van der Waals surface area (Å²) in [4.78, 5) is 27.2. The minimum atomic E-state index is 0.0105. The number of rotatable bonds is 4. The first kappa shape index (κ1) is 22.3. The van der Waals surface area contributed by atoms with Gasteiger partial charge >= 0.3 is 0 Å². The second-order valence-electron chi connectivity index (χ2n) is 9.08. The number of hydrogen-bond acceptors (Lipinski definition) is 5. The third-order valence-electron chi connectivity index (χ3n) is 6.32. The van der Waals surface area contributed by atoms with E-state index in [0.29, 0.717) is 19.5 Å². The summed E-state index contributed by atoms with van der Waals surface area (Å²) in [5.74, 6) is 1.68. The lowest BCUT2D eigenvalue weighted by Gasteiger charge is -2.38. The van der Waals surface area contributed by atoms with Crippen LogP contribution in [0.3, 0.4) is 0 Å². The van der Waals surface area contributed by atoms with Crippen LogP contribution in [-0.2, 0) is 22.5 Å². The fourth-order valence-corrected chi connectivity index (χ4v) is 4.75. The van der Waals surface area contributed by atoms with Crippen molar-refractivity contribution in [1.29, 1.82) is 0 Å². The monoisotopic (exact) mass is 454 g/mol. The summed E-state index contributed by atoms with van der Waals surface area (Å²) in [6, 6.07) is 20.0. The molecule has 174 valence electrons. The molecule has 1 aromatic heterocycles. The smallest absolute Gasteiger partial charge is 0.246 e. The summed E-state index contributed by atoms with van der Waals surface area (Å²) in [5, 5.41) is 0. The number of benzene rings is 2. The summed E-state index contributed by atoms with van der Waals surface area (Å²) < 4.78 is 5.97. The van der Waals surface area contributed by atoms with Gasteiger partial charge in [0.1, 0.15) is 5.82 Å². The number of hydrogen-bond donors (Lipinski definition) is 0. The van der Waals surface area contributed by atoms with Gasteiger partial charge in [0.15, 0.2) is 5.82 Å². The molecule has 0 aliphatic carbocycles. The molecule has 6 heteroatoms. The minimum absolute atomic E-state index is 0.0105. The van der Waals surface area contributed by atoms with Crippen molar-refractivity contribution in [1.82, 2.24) is 14.9 Å². The topological polar surface area (TPSA) is 58.6 Å². The van der Waals surface area contributed by atoms with Crippen molar-refractivity contribution in [2.75, 3.05) is 24.5 Å². The number of nitrogens with zero attached hydrogens (tertiary/aromatic N) is 4. The number of carbonyl (C=O) groups is 1. The first-order valence-electron chi connectivity index (χ1n) is 11.9. The number of carbonyl (C=O) groups excluding carboxylic acids is 1. The molecule has 1 fully saturated rings. The van der Waals surface area contributed by atoms with Crippen LogP contribution in [0.1, 0.15) is 30.7 Å². The van der Waals surface area contributed by atoms with E-state index in [1.54, 1.807) is 6.08 Å². The molecule has 0 saturated carbocycles. The number of anilines is 1. The Kier molecular flexibility index (Phi) is 6.41. The van der Waals surface area contributed by atoms with Gasteiger partial charge in [-0.1, -0.05) is 60.7 Å². The van der Waals surface area contributed by atoms with Crippen LogP contribution in [-0.4, -0.2) is 52.6 Å². The van der Waals surface area contributed by atoms with Gasteiger partial charge < -0.3 is 14.5 Å². The Balaban J connectivity index is 1.47. The first-order valence-corrected chi connectivity index (χ1v) is 11.9. The molecule has 2 aromatic carbocycles. The highest BCUT2D eigenvalue weighted by molar-refractivity contribution is 5.92. The van der Waals surface area contributed by atoms with E-state index in [4.69, 9.17) is 14.7 Å². The fraction of sp³-hybridized carbons (Fsp3) is 0.321. The van der Waals surface area contributed by atoms with Gasteiger partial charge in [-0.05, 0) is 25.5 Å². The lowest BCUT2D eigenvalue weighted by atomic mass is 10.0. The van der Waals surface area contributed by atoms with Gasteiger partial charge in [-0.25, -0.2) is 9.97 Å². The Labute approximate surface area is 200 Å². The normalized spacial score (nSPS) is 20.4. The Morgan fingerprint density at radius 2 is 1.65 bits per heavy atom. The lowest BCUT2D eigenvalue weighted by molar-refractivity contribution is -0.126. The number of morpholine rings is 1. The third-order valence-corrected chi connectivity index (χ3v) is 6.32. The average molecular weight is 455 g/mol. The van der Waals surface area contributed by atoms with E-state index in [-0.39, 0.29) is 18.1 Å². The van der Waals surface area contributed by atoms with E-state index < -0.39 is 0 Å². The molecule has 34 heavy (non-hydrogen) atoms. The first-order chi connectivity index (χ1) is 16.6. The van der Waals surface area contributed by atoms with Crippen LogP contribution in [0, 0.1) is 0 Å². The van der Waals surface area contributed by atoms with Gasteiger partial charge in [-0.2, -0.15) is 0 Å². The summed E-state index contributed by atoms with van der Waals surface area (Å²) in [5.41, 5.74) is 4.10. The van der Waals surface area contributed by atoms with Gasteiger partial charge in [0, 0.05) is 43.3 Å². The Morgan fingerprint density at radius 3 is 2.35 bits per heavy atom. The average Bonchev–Trinajstić information content (AvgIpc) is 2.87. The molecule has 2 atom stereocenters. The quantitative estimate of drug-likeness (QED) is 0.549. The molecule has 2 unspecified atom stereocenters. The molecular formula is C28H30N4O2. The molecule has 0 bridgehead atoms. The van der Waals surface area contributed by atoms with E-state index in [0.717, 1.165) is 47.1 Å². The van der Waals surface area contributed by atoms with Crippen LogP contribution in [0.2, 0.25) is 0 Å². The Morgan fingerprint density at radius 1 is 0.971 bits per heavy atom. The zero-order chi connectivity index (χ0) is 23.5. The lowest BCUT2D eigenvalue weighted by Crippen LogP contribution is -2.47. The number of ether oxygens (including phenoxy) is 1. The van der Waals surface area contributed by atoms with Crippen molar-refractivity contribution in [3.05, 3.63) is 83.6 Å². The molecule has 3 heterocycles. The molecule has 5 rings (SSSR count). The van der Waals surface area contributed by atoms with E-state index in [9.17, 15) is 4.79 Å². The molecule has 0 spiro atoms. The summed E-state index contributed by atoms with van der Waals surface area (Å²) >= 11 is 0. The van der Waals surface area contributed by atoms with E-state index in [2.05, 4.69) is 18.7 Å². The number of aromatic nitrogens is 2. The molecule has 6 nitrogen and oxygen atoms in total. The molecule has 2 aliphatic rings. The van der Waals surface area contributed by atoms with Crippen molar-refractivity contribution >= 4 is 17.8 Å². The highest BCUT2D eigenvalue weighted by Gasteiger charge is 2.30. The number of amides is 1. The maximum absolute atomic E-state index is 13.0. The molecule has 0 N–H and O–H groups in total. The Bertz CT molecular complexity index is 1170. The maximum atomic E-state index is 13.0. The predicted molar refractivity (Wildman–Crippen MR) is 134 cm³/mol. The Hall–Kier alpha value is -3.51. The van der Waals surface area contributed by atoms with Crippen LogP contribution in [0.4, 0.5) is 5.82 Å². The van der Waals surface area contributed by atoms with Crippen LogP contribution in [0.15, 0.2) is 66.7 Å². The minimum Gasteiger partial charge on any atom is -0.372 e. The van der Waals surface area contributed by atoms with Crippen molar-refractivity contribution in [2.24, 2.45) is 0 Å². The van der Waals surface area contributed by atoms with Crippen molar-refractivity contribution in [2.45, 2.75) is 39.0 Å². The van der Waals surface area contributed by atoms with Gasteiger partial charge in [0.05, 0.1) is 24.4 Å². The predicted octanol–water partition coefficient (Wildman–Crippen LogP) is 4.36. The van der Waals surface area contributed by atoms with Crippen LogP contribution >= 0.6 is 0 Å². The van der Waals surface area contributed by atoms with E-state index in [1.807, 2.05) is 71.6 Å². The summed E-state index contributed by atoms with van der Waals surface area (Å²) in [6.45, 7) is 6.88. The van der Waals surface area contributed by atoms with Gasteiger partial charge in [0.25, 0.3) is 0 Å². The second kappa shape index (κ2) is 9.77. The third kappa shape index (κ3) is 4.87. The number of fused-ring (bicyclic) bond motifs is 1. The summed E-state index contributed by atoms with van der Waals surface area (Å²) in [6.07, 6.45) is 4.48. The van der Waals surface area contributed by atoms with Gasteiger partial charge in [0.2, 0.25) is 5.91 Å². The van der Waals surface area contributed by atoms with Gasteiger partial charge in [-0.3, -0.25) is 4.79 Å². The molecular weight excluding hydrogens is 424 g/mol. The van der Waals surface area contributed by atoms with Crippen LogP contribution < -0.4 is 4.90 Å². The molecule has 1 amide bonds. The zero-order valence-electron chi connectivity index (χ0n) is 19.7. The zero-order valence-corrected chi connectivity index (χ0v) is 19.7. The SMILES string of the molecule is CC1CN(c2nc(-c3ccccc3)nc3c2CN(C(=O)/C=C/c2ccccc2)CC3)CC(C)O1. The highest BCUT2D eigenvalue weighted by atomic mass is 16.5. The molecule has 1 saturated heterocycles. The fourth-order valence-electron chi connectivity index (χ4n) is 4.75. The summed E-state index contributed by atoms with van der Waals surface area (Å²) in [7, 11) is 0. The van der Waals surface area contributed by atoms with Crippen molar-refractivity contribution in [3.63, 3.8) is 0 Å². The largest absolute Gasteiger partial charge is 0.372 e. The highest BCUT2D eigenvalue weighted by Crippen LogP contribution is 2.31. The standard InChI is InChI=1S/C28H30N4O2/c1-20-17-32(18-21(2)34-20)28-24-19-31(26(33)14-13-22-9-5-3-6-10-22)16-15-25(24)29-27(30-28)23-11-7-4-8-12-23/h3-14,20-21H,15-19H2,1-2H3/b14-13+. The van der Waals surface area contributed by atoms with E-state index in [1.165, 1.54) is 0 Å². The van der Waals surface area contributed by atoms with Crippen molar-refractivity contribution < 1.29 is 9.53 Å². The maximum Gasteiger partial charge on any atom is 0.246 e. The molecule has 3 aromatic rings. The van der Waals surface area contributed by atoms with Crippen LogP contribution in [0.25, 0.3) is 17.5 Å². The van der Waals surface area contributed by atoms with Gasteiger partial charge in [-0.15, -0.1) is 0 Å². The van der Waals surface area contributed by atoms with E-state index >= 15 is 0 Å². The molecule has 0 radical (unpaired) electrons. The second-order valence-corrected chi connectivity index (χ2v) is 9.08.